The Kier molecular flexibility index (Phi) is 5.81. The molecular formula is C13H14ClN3O3. The number of amides is 2. The van der Waals surface area contributed by atoms with Crippen molar-refractivity contribution in [3.8, 4) is 6.07 Å². The summed E-state index contributed by atoms with van der Waals surface area (Å²) in [6, 6.07) is 7.75. The van der Waals surface area contributed by atoms with Crippen molar-refractivity contribution in [2.75, 3.05) is 25.0 Å². The summed E-state index contributed by atoms with van der Waals surface area (Å²) in [4.78, 5) is 25.5. The summed E-state index contributed by atoms with van der Waals surface area (Å²) in [5.41, 5.74) is 0.436. The number of urea groups is 1. The molecule has 1 N–H and O–H groups in total. The van der Waals surface area contributed by atoms with Gasteiger partial charge in [-0.25, -0.2) is 4.79 Å². The third-order valence-electron chi connectivity index (χ3n) is 2.55. The van der Waals surface area contributed by atoms with Crippen molar-refractivity contribution in [1.82, 2.24) is 4.90 Å². The molecule has 6 nitrogen and oxygen atoms in total. The number of nitriles is 1. The monoisotopic (exact) mass is 295 g/mol. The third-order valence-corrected chi connectivity index (χ3v) is 2.80. The summed E-state index contributed by atoms with van der Waals surface area (Å²) in [5.74, 6) is -1.12. The van der Waals surface area contributed by atoms with E-state index in [0.717, 1.165) is 4.90 Å². The number of hydrogen-bond acceptors (Lipinski definition) is 3. The van der Waals surface area contributed by atoms with E-state index < -0.39 is 18.5 Å². The van der Waals surface area contributed by atoms with Crippen LogP contribution in [0.15, 0.2) is 24.3 Å². The highest BCUT2D eigenvalue weighted by Crippen LogP contribution is 2.19. The normalized spacial score (nSPS) is 9.65. The highest BCUT2D eigenvalue weighted by atomic mass is 35.5. The van der Waals surface area contributed by atoms with Crippen LogP contribution >= 0.6 is 11.6 Å². The van der Waals surface area contributed by atoms with Crippen LogP contribution in [-0.2, 0) is 4.79 Å². The number of halogens is 1. The maximum absolute atomic E-state index is 12.2. The van der Waals surface area contributed by atoms with E-state index in [1.165, 1.54) is 11.9 Å². The SMILES string of the molecule is CN(CCC#N)C(=O)N(CC(=O)O)c1ccc(Cl)cc1. The minimum atomic E-state index is -1.12. The number of hydrogen-bond donors (Lipinski definition) is 1. The lowest BCUT2D eigenvalue weighted by Crippen LogP contribution is -2.44. The van der Waals surface area contributed by atoms with Gasteiger partial charge >= 0.3 is 12.0 Å². The second kappa shape index (κ2) is 7.36. The number of carboxylic acids is 1. The van der Waals surface area contributed by atoms with Crippen molar-refractivity contribution in [3.63, 3.8) is 0 Å². The van der Waals surface area contributed by atoms with Gasteiger partial charge in [-0.15, -0.1) is 0 Å². The molecule has 1 rings (SSSR count). The Morgan fingerprint density at radius 3 is 2.45 bits per heavy atom. The number of carbonyl (C=O) groups is 2. The molecule has 0 heterocycles. The van der Waals surface area contributed by atoms with Crippen LogP contribution in [0.1, 0.15) is 6.42 Å². The molecule has 0 bridgehead atoms. The Morgan fingerprint density at radius 1 is 1.35 bits per heavy atom. The molecule has 2 amide bonds. The molecule has 1 aromatic rings. The summed E-state index contributed by atoms with van der Waals surface area (Å²) >= 11 is 5.77. The summed E-state index contributed by atoms with van der Waals surface area (Å²) in [6.45, 7) is -0.226. The van der Waals surface area contributed by atoms with Gasteiger partial charge in [-0.2, -0.15) is 5.26 Å². The molecule has 0 saturated carbocycles. The Morgan fingerprint density at radius 2 is 1.95 bits per heavy atom. The molecule has 0 saturated heterocycles. The Labute approximate surface area is 121 Å². The van der Waals surface area contributed by atoms with Gasteiger partial charge in [0, 0.05) is 24.3 Å². The van der Waals surface area contributed by atoms with E-state index in [4.69, 9.17) is 22.0 Å². The molecule has 7 heteroatoms. The average Bonchev–Trinajstić information content (AvgIpc) is 2.42. The molecule has 0 spiro atoms. The molecule has 1 aromatic carbocycles. The van der Waals surface area contributed by atoms with Crippen molar-refractivity contribution in [2.24, 2.45) is 0 Å². The van der Waals surface area contributed by atoms with Crippen LogP contribution in [-0.4, -0.2) is 42.1 Å². The molecule has 0 unspecified atom stereocenters. The van der Waals surface area contributed by atoms with Gasteiger partial charge < -0.3 is 10.0 Å². The number of nitrogens with zero attached hydrogens (tertiary/aromatic N) is 3. The Bertz CT molecular complexity index is 525. The van der Waals surface area contributed by atoms with Crippen LogP contribution in [0.4, 0.5) is 10.5 Å². The molecule has 0 aliphatic heterocycles. The minimum Gasteiger partial charge on any atom is -0.480 e. The largest absolute Gasteiger partial charge is 0.480 e. The molecule has 0 fully saturated rings. The van der Waals surface area contributed by atoms with Crippen molar-refractivity contribution in [2.45, 2.75) is 6.42 Å². The fraction of sp³-hybridized carbons (Fsp3) is 0.308. The van der Waals surface area contributed by atoms with Crippen LogP contribution in [0, 0.1) is 11.3 Å². The maximum Gasteiger partial charge on any atom is 0.324 e. The first-order chi connectivity index (χ1) is 9.45. The first-order valence-electron chi connectivity index (χ1n) is 5.82. The number of benzene rings is 1. The van der Waals surface area contributed by atoms with E-state index in [9.17, 15) is 9.59 Å². The van der Waals surface area contributed by atoms with E-state index in [1.54, 1.807) is 24.3 Å². The zero-order valence-corrected chi connectivity index (χ0v) is 11.7. The predicted octanol–water partition coefficient (Wildman–Crippen LogP) is 2.20. The van der Waals surface area contributed by atoms with Gasteiger partial charge in [0.2, 0.25) is 0 Å². The summed E-state index contributed by atoms with van der Waals surface area (Å²) < 4.78 is 0. The van der Waals surface area contributed by atoms with Gasteiger partial charge in [0.15, 0.2) is 0 Å². The second-order valence-corrected chi connectivity index (χ2v) is 4.50. The Hall–Kier alpha value is -2.26. The van der Waals surface area contributed by atoms with E-state index in [0.29, 0.717) is 10.7 Å². The zero-order valence-electron chi connectivity index (χ0n) is 10.9. The van der Waals surface area contributed by atoms with Gasteiger partial charge in [-0.3, -0.25) is 9.69 Å². The molecule has 106 valence electrons. The van der Waals surface area contributed by atoms with Crippen molar-refractivity contribution in [1.29, 1.82) is 5.26 Å². The fourth-order valence-electron chi connectivity index (χ4n) is 1.55. The highest BCUT2D eigenvalue weighted by molar-refractivity contribution is 6.30. The minimum absolute atomic E-state index is 0.184. The lowest BCUT2D eigenvalue weighted by atomic mass is 10.3. The van der Waals surface area contributed by atoms with Crippen LogP contribution in [0.5, 0.6) is 0 Å². The van der Waals surface area contributed by atoms with Crippen LogP contribution in [0.3, 0.4) is 0 Å². The Balaban J connectivity index is 2.94. The first kappa shape index (κ1) is 15.8. The molecule has 0 atom stereocenters. The quantitative estimate of drug-likeness (QED) is 0.902. The third kappa shape index (κ3) is 4.44. The van der Waals surface area contributed by atoms with E-state index in [1.807, 2.05) is 6.07 Å². The van der Waals surface area contributed by atoms with Crippen molar-refractivity contribution >= 4 is 29.3 Å². The standard InChI is InChI=1S/C13H14ClN3O3/c1-16(8-2-7-15)13(20)17(9-12(18)19)11-5-3-10(14)4-6-11/h3-6H,2,8-9H2,1H3,(H,18,19). The maximum atomic E-state index is 12.2. The van der Waals surface area contributed by atoms with Gasteiger partial charge in [0.05, 0.1) is 12.5 Å². The predicted molar refractivity (Wildman–Crippen MR) is 74.7 cm³/mol. The first-order valence-corrected chi connectivity index (χ1v) is 6.20. The van der Waals surface area contributed by atoms with Crippen LogP contribution in [0.25, 0.3) is 0 Å². The fourth-order valence-corrected chi connectivity index (χ4v) is 1.67. The molecule has 0 aliphatic carbocycles. The second-order valence-electron chi connectivity index (χ2n) is 4.07. The lowest BCUT2D eigenvalue weighted by Gasteiger charge is -2.26. The molecule has 20 heavy (non-hydrogen) atoms. The van der Waals surface area contributed by atoms with E-state index in [2.05, 4.69) is 0 Å². The number of anilines is 1. The lowest BCUT2D eigenvalue weighted by molar-refractivity contribution is -0.135. The van der Waals surface area contributed by atoms with E-state index >= 15 is 0 Å². The highest BCUT2D eigenvalue weighted by Gasteiger charge is 2.21. The molecule has 0 radical (unpaired) electrons. The molecule has 0 aromatic heterocycles. The average molecular weight is 296 g/mol. The molecular weight excluding hydrogens is 282 g/mol. The number of carbonyl (C=O) groups excluding carboxylic acids is 1. The van der Waals surface area contributed by atoms with Gasteiger partial charge in [-0.1, -0.05) is 11.6 Å². The summed E-state index contributed by atoms with van der Waals surface area (Å²) in [5, 5.41) is 17.9. The number of aliphatic carboxylic acids is 1. The van der Waals surface area contributed by atoms with Crippen molar-refractivity contribution < 1.29 is 14.7 Å². The van der Waals surface area contributed by atoms with Crippen LogP contribution < -0.4 is 4.90 Å². The van der Waals surface area contributed by atoms with Crippen LogP contribution in [0.2, 0.25) is 5.02 Å². The van der Waals surface area contributed by atoms with Crippen molar-refractivity contribution in [3.05, 3.63) is 29.3 Å². The number of rotatable bonds is 5. The number of carboxylic acid groups (broad SMARTS) is 1. The smallest absolute Gasteiger partial charge is 0.324 e. The van der Waals surface area contributed by atoms with E-state index in [-0.39, 0.29) is 13.0 Å². The summed E-state index contributed by atoms with van der Waals surface area (Å²) in [6.07, 6.45) is 0.184. The summed E-state index contributed by atoms with van der Waals surface area (Å²) in [7, 11) is 1.52. The zero-order chi connectivity index (χ0) is 15.1. The molecule has 0 aliphatic rings. The van der Waals surface area contributed by atoms with Gasteiger partial charge in [-0.05, 0) is 24.3 Å². The topological polar surface area (TPSA) is 84.6 Å². The van der Waals surface area contributed by atoms with Gasteiger partial charge in [0.1, 0.15) is 6.54 Å². The van der Waals surface area contributed by atoms with Gasteiger partial charge in [0.25, 0.3) is 0 Å².